The number of pyridine rings is 1. The van der Waals surface area contributed by atoms with Gasteiger partial charge in [-0.1, -0.05) is 0 Å². The second-order valence-corrected chi connectivity index (χ2v) is 4.35. The number of hydrogen-bond donors (Lipinski definition) is 0. The number of morpholine rings is 1. The molecule has 1 aliphatic rings. The Bertz CT molecular complexity index is 548. The highest BCUT2D eigenvalue weighted by molar-refractivity contribution is 5.76. The minimum atomic E-state index is -4.72. The Kier molecular flexibility index (Phi) is 4.12. The summed E-state index contributed by atoms with van der Waals surface area (Å²) >= 11 is 0. The number of halogens is 3. The first-order valence-corrected chi connectivity index (χ1v) is 6.02. The monoisotopic (exact) mass is 290 g/mol. The van der Waals surface area contributed by atoms with Gasteiger partial charge in [0.2, 0.25) is 5.91 Å². The topological polar surface area (TPSA) is 51.5 Å². The Morgan fingerprint density at radius 1 is 1.30 bits per heavy atom. The molecule has 2 rings (SSSR count). The largest absolute Gasteiger partial charge is 0.421 e. The van der Waals surface area contributed by atoms with Gasteiger partial charge in [-0.2, -0.15) is 13.2 Å². The summed E-state index contributed by atoms with van der Waals surface area (Å²) < 4.78 is 43.6. The summed E-state index contributed by atoms with van der Waals surface area (Å²) in [4.78, 5) is 25.1. The molecule has 0 aromatic carbocycles. The Hall–Kier alpha value is -1.83. The lowest BCUT2D eigenvalue weighted by molar-refractivity contribution is -0.140. The van der Waals surface area contributed by atoms with Gasteiger partial charge in [-0.15, -0.1) is 0 Å². The summed E-state index contributed by atoms with van der Waals surface area (Å²) in [5.74, 6) is -0.394. The van der Waals surface area contributed by atoms with Crippen molar-refractivity contribution in [2.24, 2.45) is 0 Å². The molecule has 0 atom stereocenters. The molecule has 0 aliphatic carbocycles. The van der Waals surface area contributed by atoms with E-state index in [1.807, 2.05) is 0 Å². The lowest BCUT2D eigenvalue weighted by atomic mass is 10.2. The standard InChI is InChI=1S/C12H13F3N2O3/c13-12(14,15)9-2-1-3-17(11(9)19)8-10(18)16-4-6-20-7-5-16/h1-3H,4-8H2. The van der Waals surface area contributed by atoms with Gasteiger partial charge in [0.15, 0.2) is 0 Å². The van der Waals surface area contributed by atoms with Crippen molar-refractivity contribution in [3.63, 3.8) is 0 Å². The normalized spacial score (nSPS) is 16.2. The van der Waals surface area contributed by atoms with Crippen LogP contribution in [0, 0.1) is 0 Å². The molecule has 110 valence electrons. The van der Waals surface area contributed by atoms with Crippen LogP contribution >= 0.6 is 0 Å². The van der Waals surface area contributed by atoms with Crippen molar-refractivity contribution in [3.05, 3.63) is 34.2 Å². The summed E-state index contributed by atoms with van der Waals surface area (Å²) in [6.45, 7) is 1.15. The van der Waals surface area contributed by atoms with Crippen LogP contribution in [0.5, 0.6) is 0 Å². The lowest BCUT2D eigenvalue weighted by Crippen LogP contribution is -2.43. The molecule has 1 aliphatic heterocycles. The summed E-state index contributed by atoms with van der Waals surface area (Å²) in [5, 5.41) is 0. The third-order valence-electron chi connectivity index (χ3n) is 2.99. The average molecular weight is 290 g/mol. The van der Waals surface area contributed by atoms with E-state index in [0.717, 1.165) is 10.6 Å². The molecular weight excluding hydrogens is 277 g/mol. The average Bonchev–Trinajstić information content (AvgIpc) is 2.40. The molecule has 0 N–H and O–H groups in total. The summed E-state index contributed by atoms with van der Waals surface area (Å²) in [7, 11) is 0. The van der Waals surface area contributed by atoms with E-state index in [9.17, 15) is 22.8 Å². The molecule has 0 bridgehead atoms. The number of nitrogens with zero attached hydrogens (tertiary/aromatic N) is 2. The molecule has 2 heterocycles. The smallest absolute Gasteiger partial charge is 0.378 e. The maximum atomic E-state index is 12.6. The minimum Gasteiger partial charge on any atom is -0.378 e. The van der Waals surface area contributed by atoms with Crippen LogP contribution in [-0.4, -0.2) is 41.7 Å². The zero-order chi connectivity index (χ0) is 14.8. The van der Waals surface area contributed by atoms with Crippen LogP contribution in [0.3, 0.4) is 0 Å². The third-order valence-corrected chi connectivity index (χ3v) is 2.99. The maximum absolute atomic E-state index is 12.6. The molecule has 0 unspecified atom stereocenters. The van der Waals surface area contributed by atoms with Gasteiger partial charge in [-0.05, 0) is 12.1 Å². The molecule has 0 radical (unpaired) electrons. The number of amides is 1. The third kappa shape index (κ3) is 3.19. The lowest BCUT2D eigenvalue weighted by Gasteiger charge is -2.27. The molecule has 1 saturated heterocycles. The fraction of sp³-hybridized carbons (Fsp3) is 0.500. The van der Waals surface area contributed by atoms with Gasteiger partial charge in [0.25, 0.3) is 5.56 Å². The van der Waals surface area contributed by atoms with Crippen LogP contribution in [0.15, 0.2) is 23.1 Å². The van der Waals surface area contributed by atoms with Crippen molar-refractivity contribution >= 4 is 5.91 Å². The quantitative estimate of drug-likeness (QED) is 0.806. The summed E-state index contributed by atoms with van der Waals surface area (Å²) in [6, 6.07) is 1.81. The van der Waals surface area contributed by atoms with E-state index in [2.05, 4.69) is 0 Å². The van der Waals surface area contributed by atoms with E-state index in [1.165, 1.54) is 11.1 Å². The van der Waals surface area contributed by atoms with Crippen molar-refractivity contribution in [2.75, 3.05) is 26.3 Å². The van der Waals surface area contributed by atoms with Crippen molar-refractivity contribution < 1.29 is 22.7 Å². The van der Waals surface area contributed by atoms with E-state index in [1.54, 1.807) is 0 Å². The zero-order valence-electron chi connectivity index (χ0n) is 10.5. The van der Waals surface area contributed by atoms with E-state index in [4.69, 9.17) is 4.74 Å². The minimum absolute atomic E-state index is 0.381. The van der Waals surface area contributed by atoms with Crippen molar-refractivity contribution in [2.45, 2.75) is 12.7 Å². The predicted molar refractivity (Wildman–Crippen MR) is 63.1 cm³/mol. The highest BCUT2D eigenvalue weighted by atomic mass is 19.4. The number of carbonyl (C=O) groups is 1. The molecule has 5 nitrogen and oxygen atoms in total. The first-order valence-electron chi connectivity index (χ1n) is 6.02. The fourth-order valence-corrected chi connectivity index (χ4v) is 1.94. The molecule has 1 fully saturated rings. The number of rotatable bonds is 2. The second kappa shape index (κ2) is 5.66. The van der Waals surface area contributed by atoms with Crippen molar-refractivity contribution in [1.29, 1.82) is 0 Å². The van der Waals surface area contributed by atoms with Gasteiger partial charge < -0.3 is 14.2 Å². The van der Waals surface area contributed by atoms with Crippen LogP contribution in [-0.2, 0) is 22.3 Å². The molecular formula is C12H13F3N2O3. The van der Waals surface area contributed by atoms with Crippen molar-refractivity contribution in [3.8, 4) is 0 Å². The first kappa shape index (κ1) is 14.6. The van der Waals surface area contributed by atoms with E-state index in [0.29, 0.717) is 32.4 Å². The number of ether oxygens (including phenoxy) is 1. The van der Waals surface area contributed by atoms with E-state index in [-0.39, 0.29) is 0 Å². The molecule has 1 amide bonds. The fourth-order valence-electron chi connectivity index (χ4n) is 1.94. The summed E-state index contributed by atoms with van der Waals surface area (Å²) in [6.07, 6.45) is -3.54. The Labute approximate surface area is 112 Å². The van der Waals surface area contributed by atoms with Gasteiger partial charge >= 0.3 is 6.18 Å². The molecule has 0 saturated carbocycles. The maximum Gasteiger partial charge on any atom is 0.421 e. The van der Waals surface area contributed by atoms with Crippen LogP contribution < -0.4 is 5.56 Å². The Morgan fingerprint density at radius 2 is 1.95 bits per heavy atom. The van der Waals surface area contributed by atoms with Crippen LogP contribution in [0.2, 0.25) is 0 Å². The SMILES string of the molecule is O=C(Cn1cccc(C(F)(F)F)c1=O)N1CCOCC1. The highest BCUT2D eigenvalue weighted by Gasteiger charge is 2.34. The number of alkyl halides is 3. The Morgan fingerprint density at radius 3 is 2.55 bits per heavy atom. The highest BCUT2D eigenvalue weighted by Crippen LogP contribution is 2.25. The number of hydrogen-bond acceptors (Lipinski definition) is 3. The van der Waals surface area contributed by atoms with Gasteiger partial charge in [-0.3, -0.25) is 9.59 Å². The van der Waals surface area contributed by atoms with Gasteiger partial charge in [0.1, 0.15) is 12.1 Å². The van der Waals surface area contributed by atoms with E-state index >= 15 is 0 Å². The first-order chi connectivity index (χ1) is 9.39. The van der Waals surface area contributed by atoms with Crippen LogP contribution in [0.25, 0.3) is 0 Å². The van der Waals surface area contributed by atoms with Gasteiger partial charge in [0.05, 0.1) is 13.2 Å². The summed E-state index contributed by atoms with van der Waals surface area (Å²) in [5.41, 5.74) is -2.48. The van der Waals surface area contributed by atoms with Gasteiger partial charge in [0, 0.05) is 19.3 Å². The number of aromatic nitrogens is 1. The number of carbonyl (C=O) groups excluding carboxylic acids is 1. The molecule has 1 aromatic heterocycles. The van der Waals surface area contributed by atoms with Gasteiger partial charge in [-0.25, -0.2) is 0 Å². The zero-order valence-corrected chi connectivity index (χ0v) is 10.5. The molecule has 8 heteroatoms. The van der Waals surface area contributed by atoms with Crippen LogP contribution in [0.4, 0.5) is 13.2 Å². The molecule has 0 spiro atoms. The van der Waals surface area contributed by atoms with Crippen LogP contribution in [0.1, 0.15) is 5.56 Å². The second-order valence-electron chi connectivity index (χ2n) is 4.35. The molecule has 1 aromatic rings. The van der Waals surface area contributed by atoms with Crippen molar-refractivity contribution in [1.82, 2.24) is 9.47 Å². The Balaban J connectivity index is 2.17. The predicted octanol–water partition coefficient (Wildman–Crippen LogP) is 0.726. The van der Waals surface area contributed by atoms with E-state index < -0.39 is 29.8 Å². The molecule has 20 heavy (non-hydrogen) atoms.